The Morgan fingerprint density at radius 3 is 2.58 bits per heavy atom. The van der Waals surface area contributed by atoms with Crippen LogP contribution < -0.4 is 10.5 Å². The second-order valence-corrected chi connectivity index (χ2v) is 7.76. The van der Waals surface area contributed by atoms with Crippen molar-refractivity contribution in [2.75, 3.05) is 10.5 Å². The highest BCUT2D eigenvalue weighted by Crippen LogP contribution is 2.21. The molecule has 3 aromatic rings. The molecule has 0 radical (unpaired) electrons. The molecule has 0 amide bonds. The number of hydrogen-bond acceptors (Lipinski definition) is 6. The molecule has 0 saturated heterocycles. The lowest BCUT2D eigenvalue weighted by Crippen LogP contribution is -2.08. The maximum Gasteiger partial charge on any atom is 0.254 e. The van der Waals surface area contributed by atoms with Crippen molar-refractivity contribution in [3.05, 3.63) is 53.8 Å². The summed E-state index contributed by atoms with van der Waals surface area (Å²) in [5.74, 6) is 0.976. The fourth-order valence-corrected chi connectivity index (χ4v) is 3.08. The van der Waals surface area contributed by atoms with E-state index < -0.39 is 10.0 Å². The van der Waals surface area contributed by atoms with Gasteiger partial charge in [-0.2, -0.15) is 5.10 Å². The summed E-state index contributed by atoms with van der Waals surface area (Å²) >= 11 is 0. The number of hydrogen-bond donors (Lipinski definition) is 2. The van der Waals surface area contributed by atoms with Gasteiger partial charge in [-0.3, -0.25) is 4.72 Å². The van der Waals surface area contributed by atoms with Gasteiger partial charge in [0.1, 0.15) is 11.6 Å². The Bertz CT molecular complexity index is 1050. The van der Waals surface area contributed by atoms with Crippen molar-refractivity contribution in [1.82, 2.24) is 19.7 Å². The molecule has 0 atom stereocenters. The van der Waals surface area contributed by atoms with E-state index in [2.05, 4.69) is 26.4 Å². The lowest BCUT2D eigenvalue weighted by atomic mass is 10.1. The summed E-state index contributed by atoms with van der Waals surface area (Å²) in [6.45, 7) is 7.31. The summed E-state index contributed by atoms with van der Waals surface area (Å²) in [4.78, 5) is 8.95. The molecule has 0 aliphatic rings. The standard InChI is InChI=1S/C17H20N6O2S/c1-4-26(24,25)22-13-7-5-12(6-8-13)9-15-20-16(18)14-10-19-23(11(2)3)17(14)21-15/h4-8,10-11,22H,1,9H2,2-3H3,(H2,18,20,21). The molecule has 0 saturated carbocycles. The zero-order chi connectivity index (χ0) is 18.9. The Morgan fingerprint density at radius 1 is 1.27 bits per heavy atom. The van der Waals surface area contributed by atoms with Gasteiger partial charge in [-0.05, 0) is 31.5 Å². The predicted molar refractivity (Wildman–Crippen MR) is 102 cm³/mol. The third kappa shape index (κ3) is 3.67. The molecule has 2 aromatic heterocycles. The van der Waals surface area contributed by atoms with Gasteiger partial charge in [0.15, 0.2) is 5.65 Å². The molecule has 0 unspecified atom stereocenters. The minimum Gasteiger partial charge on any atom is -0.383 e. The van der Waals surface area contributed by atoms with Crippen molar-refractivity contribution in [1.29, 1.82) is 0 Å². The van der Waals surface area contributed by atoms with Crippen LogP contribution in [0, 0.1) is 0 Å². The molecule has 8 nitrogen and oxygen atoms in total. The highest BCUT2D eigenvalue weighted by atomic mass is 32.2. The van der Waals surface area contributed by atoms with Gasteiger partial charge in [0, 0.05) is 23.6 Å². The molecular weight excluding hydrogens is 352 g/mol. The van der Waals surface area contributed by atoms with Crippen molar-refractivity contribution in [2.24, 2.45) is 0 Å². The van der Waals surface area contributed by atoms with Gasteiger partial charge in [-0.15, -0.1) is 0 Å². The molecule has 0 aliphatic heterocycles. The molecule has 0 bridgehead atoms. The number of nitrogens with one attached hydrogen (secondary N) is 1. The van der Waals surface area contributed by atoms with Crippen molar-refractivity contribution in [2.45, 2.75) is 26.3 Å². The summed E-state index contributed by atoms with van der Waals surface area (Å²) in [7, 11) is -3.52. The van der Waals surface area contributed by atoms with Crippen LogP contribution in [0.25, 0.3) is 11.0 Å². The van der Waals surface area contributed by atoms with Gasteiger partial charge < -0.3 is 5.73 Å². The predicted octanol–water partition coefficient (Wildman–Crippen LogP) is 2.47. The van der Waals surface area contributed by atoms with E-state index in [0.717, 1.165) is 16.4 Å². The topological polar surface area (TPSA) is 116 Å². The normalized spacial score (nSPS) is 11.8. The molecule has 0 fully saturated rings. The minimum absolute atomic E-state index is 0.159. The van der Waals surface area contributed by atoms with E-state index in [9.17, 15) is 8.42 Å². The summed E-state index contributed by atoms with van der Waals surface area (Å²) in [5.41, 5.74) is 8.14. The number of sulfonamides is 1. The number of anilines is 2. The first-order chi connectivity index (χ1) is 12.3. The molecule has 1 aromatic carbocycles. The van der Waals surface area contributed by atoms with Crippen molar-refractivity contribution < 1.29 is 8.42 Å². The van der Waals surface area contributed by atoms with Gasteiger partial charge in [0.2, 0.25) is 0 Å². The van der Waals surface area contributed by atoms with Gasteiger partial charge in [0.25, 0.3) is 10.0 Å². The zero-order valence-electron chi connectivity index (χ0n) is 14.5. The quantitative estimate of drug-likeness (QED) is 0.687. The molecule has 26 heavy (non-hydrogen) atoms. The number of nitrogen functional groups attached to an aromatic ring is 1. The van der Waals surface area contributed by atoms with Gasteiger partial charge in [-0.1, -0.05) is 18.7 Å². The third-order valence-electron chi connectivity index (χ3n) is 3.81. The van der Waals surface area contributed by atoms with Crippen LogP contribution in [-0.4, -0.2) is 28.2 Å². The fourth-order valence-electron chi connectivity index (χ4n) is 2.53. The zero-order valence-corrected chi connectivity index (χ0v) is 15.4. The van der Waals surface area contributed by atoms with Gasteiger partial charge in [0.05, 0.1) is 11.6 Å². The maximum atomic E-state index is 11.5. The number of aromatic nitrogens is 4. The van der Waals surface area contributed by atoms with E-state index >= 15 is 0 Å². The monoisotopic (exact) mass is 372 g/mol. The van der Waals surface area contributed by atoms with Gasteiger partial charge in [-0.25, -0.2) is 23.1 Å². The van der Waals surface area contributed by atoms with Crippen molar-refractivity contribution in [3.8, 4) is 0 Å². The first-order valence-electron chi connectivity index (χ1n) is 8.03. The van der Waals surface area contributed by atoms with E-state index in [1.54, 1.807) is 18.3 Å². The molecule has 0 spiro atoms. The number of rotatable bonds is 6. The number of benzene rings is 1. The van der Waals surface area contributed by atoms with Crippen LogP contribution in [0.2, 0.25) is 0 Å². The lowest BCUT2D eigenvalue weighted by molar-refractivity contribution is 0.545. The van der Waals surface area contributed by atoms with E-state index in [1.165, 1.54) is 0 Å². The minimum atomic E-state index is -3.52. The second-order valence-electron chi connectivity index (χ2n) is 6.13. The fraction of sp³-hybridized carbons (Fsp3) is 0.235. The number of nitrogens with two attached hydrogens (primary N) is 1. The first-order valence-corrected chi connectivity index (χ1v) is 9.57. The summed E-state index contributed by atoms with van der Waals surface area (Å²) in [6.07, 6.45) is 2.15. The highest BCUT2D eigenvalue weighted by Gasteiger charge is 2.13. The van der Waals surface area contributed by atoms with Crippen LogP contribution in [0.1, 0.15) is 31.3 Å². The summed E-state index contributed by atoms with van der Waals surface area (Å²) in [6, 6.07) is 7.13. The number of fused-ring (bicyclic) bond motifs is 1. The molecule has 2 heterocycles. The van der Waals surface area contributed by atoms with E-state index in [1.807, 2.05) is 30.7 Å². The highest BCUT2D eigenvalue weighted by molar-refractivity contribution is 7.95. The third-order valence-corrected chi connectivity index (χ3v) is 4.77. The van der Waals surface area contributed by atoms with Crippen LogP contribution in [0.15, 0.2) is 42.4 Å². The largest absolute Gasteiger partial charge is 0.383 e. The second kappa shape index (κ2) is 6.75. The van der Waals surface area contributed by atoms with Crippen LogP contribution in [0.5, 0.6) is 0 Å². The molecule has 0 aliphatic carbocycles. The van der Waals surface area contributed by atoms with Crippen molar-refractivity contribution in [3.63, 3.8) is 0 Å². The first kappa shape index (κ1) is 17.9. The van der Waals surface area contributed by atoms with Crippen LogP contribution in [-0.2, 0) is 16.4 Å². The molecule has 3 rings (SSSR count). The average Bonchev–Trinajstić information content (AvgIpc) is 3.01. The summed E-state index contributed by atoms with van der Waals surface area (Å²) in [5, 5.41) is 5.92. The summed E-state index contributed by atoms with van der Waals surface area (Å²) < 4.78 is 27.2. The Balaban J connectivity index is 1.87. The van der Waals surface area contributed by atoms with Crippen LogP contribution >= 0.6 is 0 Å². The SMILES string of the molecule is C=CS(=O)(=O)Nc1ccc(Cc2nc(N)c3cnn(C(C)C)c3n2)cc1. The smallest absolute Gasteiger partial charge is 0.254 e. The maximum absolute atomic E-state index is 11.5. The van der Waals surface area contributed by atoms with E-state index in [-0.39, 0.29) is 6.04 Å². The van der Waals surface area contributed by atoms with Crippen LogP contribution in [0.3, 0.4) is 0 Å². The average molecular weight is 372 g/mol. The molecule has 3 N–H and O–H groups in total. The molecule has 136 valence electrons. The molecule has 9 heteroatoms. The Morgan fingerprint density at radius 2 is 1.96 bits per heavy atom. The van der Waals surface area contributed by atoms with Crippen molar-refractivity contribution >= 4 is 32.6 Å². The Kier molecular flexibility index (Phi) is 4.64. The van der Waals surface area contributed by atoms with Crippen LogP contribution in [0.4, 0.5) is 11.5 Å². The lowest BCUT2D eigenvalue weighted by Gasteiger charge is -2.09. The van der Waals surface area contributed by atoms with Gasteiger partial charge >= 0.3 is 0 Å². The van der Waals surface area contributed by atoms with E-state index in [0.29, 0.717) is 29.4 Å². The molecular formula is C17H20N6O2S. The van der Waals surface area contributed by atoms with E-state index in [4.69, 9.17) is 5.73 Å². The Hall–Kier alpha value is -2.94. The number of nitrogens with zero attached hydrogens (tertiary/aromatic N) is 4. The Labute approximate surface area is 151 Å².